The van der Waals surface area contributed by atoms with Crippen molar-refractivity contribution in [1.82, 2.24) is 35.8 Å². The number of rotatable bonds is 10. The SMILES string of the molecule is CCCC1C(CNC(=O)c2ccc(CC3CCC(C(O)c4ccccc4)N3)cn2)C1n1cnnn1. The maximum Gasteiger partial charge on any atom is 0.269 e. The van der Waals surface area contributed by atoms with E-state index in [0.717, 1.165) is 43.2 Å². The Kier molecular flexibility index (Phi) is 7.15. The average molecular weight is 476 g/mol. The molecule has 1 saturated heterocycles. The Balaban J connectivity index is 1.10. The molecule has 6 unspecified atom stereocenters. The molecule has 6 atom stereocenters. The molecule has 0 spiro atoms. The summed E-state index contributed by atoms with van der Waals surface area (Å²) in [6, 6.07) is 14.2. The third-order valence-electron chi connectivity index (χ3n) is 7.41. The van der Waals surface area contributed by atoms with E-state index in [-0.39, 0.29) is 24.0 Å². The Hall–Kier alpha value is -3.17. The van der Waals surface area contributed by atoms with Gasteiger partial charge in [0, 0.05) is 30.7 Å². The Labute approximate surface area is 205 Å². The minimum absolute atomic E-state index is 0.0523. The van der Waals surface area contributed by atoms with Crippen LogP contribution >= 0.6 is 0 Å². The molecule has 5 rings (SSSR count). The zero-order chi connectivity index (χ0) is 24.2. The van der Waals surface area contributed by atoms with Gasteiger partial charge >= 0.3 is 0 Å². The molecule has 2 aliphatic rings. The number of hydrogen-bond donors (Lipinski definition) is 3. The normalized spacial score (nSPS) is 26.4. The molecular formula is C26H33N7O2. The number of benzene rings is 1. The van der Waals surface area contributed by atoms with Gasteiger partial charge in [0.05, 0.1) is 12.1 Å². The number of hydrogen-bond acceptors (Lipinski definition) is 7. The van der Waals surface area contributed by atoms with Crippen molar-refractivity contribution in [1.29, 1.82) is 0 Å². The van der Waals surface area contributed by atoms with Crippen molar-refractivity contribution >= 4 is 5.91 Å². The van der Waals surface area contributed by atoms with Crippen LogP contribution in [-0.4, -0.2) is 54.8 Å². The van der Waals surface area contributed by atoms with Crippen LogP contribution in [0.25, 0.3) is 0 Å². The minimum atomic E-state index is -0.505. The van der Waals surface area contributed by atoms with Gasteiger partial charge in [-0.15, -0.1) is 5.10 Å². The molecule has 2 aromatic heterocycles. The fourth-order valence-corrected chi connectivity index (χ4v) is 5.52. The van der Waals surface area contributed by atoms with Gasteiger partial charge in [0.2, 0.25) is 0 Å². The van der Waals surface area contributed by atoms with E-state index in [4.69, 9.17) is 0 Å². The first-order valence-corrected chi connectivity index (χ1v) is 12.6. The highest BCUT2D eigenvalue weighted by molar-refractivity contribution is 5.92. The number of carbonyl (C=O) groups excluding carboxylic acids is 1. The third kappa shape index (κ3) is 5.41. The van der Waals surface area contributed by atoms with E-state index in [9.17, 15) is 9.90 Å². The molecule has 3 N–H and O–H groups in total. The van der Waals surface area contributed by atoms with Crippen molar-refractivity contribution < 1.29 is 9.90 Å². The molecule has 1 aromatic carbocycles. The van der Waals surface area contributed by atoms with Crippen molar-refractivity contribution in [3.8, 4) is 0 Å². The number of tetrazole rings is 1. The van der Waals surface area contributed by atoms with Crippen LogP contribution < -0.4 is 10.6 Å². The van der Waals surface area contributed by atoms with E-state index < -0.39 is 6.10 Å². The highest BCUT2D eigenvalue weighted by Gasteiger charge is 2.51. The highest BCUT2D eigenvalue weighted by atomic mass is 16.3. The molecule has 1 amide bonds. The zero-order valence-electron chi connectivity index (χ0n) is 20.0. The molecule has 184 valence electrons. The predicted molar refractivity (Wildman–Crippen MR) is 130 cm³/mol. The van der Waals surface area contributed by atoms with Gasteiger partial charge in [-0.2, -0.15) is 0 Å². The minimum Gasteiger partial charge on any atom is -0.387 e. The summed E-state index contributed by atoms with van der Waals surface area (Å²) in [5.74, 6) is 0.677. The van der Waals surface area contributed by atoms with E-state index in [1.54, 1.807) is 18.6 Å². The molecule has 1 aliphatic heterocycles. The van der Waals surface area contributed by atoms with E-state index in [1.807, 2.05) is 41.1 Å². The lowest BCUT2D eigenvalue weighted by atomic mass is 10.0. The lowest BCUT2D eigenvalue weighted by molar-refractivity contribution is 0.0945. The van der Waals surface area contributed by atoms with Crippen LogP contribution in [0.4, 0.5) is 0 Å². The van der Waals surface area contributed by atoms with Crippen molar-refractivity contribution in [2.24, 2.45) is 11.8 Å². The first-order chi connectivity index (χ1) is 17.1. The second-order valence-corrected chi connectivity index (χ2v) is 9.77. The molecule has 3 aromatic rings. The summed E-state index contributed by atoms with van der Waals surface area (Å²) >= 11 is 0. The monoisotopic (exact) mass is 475 g/mol. The molecule has 1 aliphatic carbocycles. The number of aromatic nitrogens is 5. The van der Waals surface area contributed by atoms with Crippen molar-refractivity contribution in [3.63, 3.8) is 0 Å². The molecule has 1 saturated carbocycles. The van der Waals surface area contributed by atoms with Crippen LogP contribution in [0.3, 0.4) is 0 Å². The molecule has 2 fully saturated rings. The third-order valence-corrected chi connectivity index (χ3v) is 7.41. The smallest absolute Gasteiger partial charge is 0.269 e. The van der Waals surface area contributed by atoms with Crippen LogP contribution in [-0.2, 0) is 6.42 Å². The number of amides is 1. The molecule has 0 bridgehead atoms. The van der Waals surface area contributed by atoms with Gasteiger partial charge < -0.3 is 15.7 Å². The maximum absolute atomic E-state index is 12.7. The molecule has 9 nitrogen and oxygen atoms in total. The summed E-state index contributed by atoms with van der Waals surface area (Å²) in [5, 5.41) is 28.8. The highest BCUT2D eigenvalue weighted by Crippen LogP contribution is 2.52. The Morgan fingerprint density at radius 2 is 2.06 bits per heavy atom. The number of nitrogens with one attached hydrogen (secondary N) is 2. The number of carbonyl (C=O) groups is 1. The van der Waals surface area contributed by atoms with Crippen molar-refractivity contribution in [2.75, 3.05) is 6.54 Å². The molecule has 35 heavy (non-hydrogen) atoms. The van der Waals surface area contributed by atoms with Crippen molar-refractivity contribution in [2.45, 2.75) is 63.3 Å². The van der Waals surface area contributed by atoms with Gasteiger partial charge in [-0.05, 0) is 59.2 Å². The van der Waals surface area contributed by atoms with E-state index in [1.165, 1.54) is 0 Å². The topological polar surface area (TPSA) is 118 Å². The molecule has 0 radical (unpaired) electrons. The average Bonchev–Trinajstić information content (AvgIpc) is 3.26. The largest absolute Gasteiger partial charge is 0.387 e. The summed E-state index contributed by atoms with van der Waals surface area (Å²) in [6.45, 7) is 2.76. The van der Waals surface area contributed by atoms with Gasteiger partial charge in [0.1, 0.15) is 12.0 Å². The van der Waals surface area contributed by atoms with Gasteiger partial charge in [-0.3, -0.25) is 9.78 Å². The van der Waals surface area contributed by atoms with E-state index in [0.29, 0.717) is 24.1 Å². The first kappa shape index (κ1) is 23.6. The lowest BCUT2D eigenvalue weighted by Gasteiger charge is -2.20. The number of aliphatic hydroxyl groups excluding tert-OH is 1. The van der Waals surface area contributed by atoms with Crippen LogP contribution in [0.15, 0.2) is 55.0 Å². The van der Waals surface area contributed by atoms with Gasteiger partial charge in [0.25, 0.3) is 5.91 Å². The summed E-state index contributed by atoms with van der Waals surface area (Å²) in [4.78, 5) is 17.1. The van der Waals surface area contributed by atoms with Gasteiger partial charge in [0.15, 0.2) is 0 Å². The summed E-state index contributed by atoms with van der Waals surface area (Å²) < 4.78 is 1.81. The second-order valence-electron chi connectivity index (χ2n) is 9.77. The number of nitrogens with zero attached hydrogens (tertiary/aromatic N) is 5. The quantitative estimate of drug-likeness (QED) is 0.412. The summed E-state index contributed by atoms with van der Waals surface area (Å²) in [7, 11) is 0. The number of pyridine rings is 1. The fourth-order valence-electron chi connectivity index (χ4n) is 5.52. The van der Waals surface area contributed by atoms with E-state index >= 15 is 0 Å². The summed E-state index contributed by atoms with van der Waals surface area (Å²) in [5.41, 5.74) is 2.45. The van der Waals surface area contributed by atoms with Gasteiger partial charge in [-0.1, -0.05) is 49.7 Å². The van der Waals surface area contributed by atoms with Crippen LogP contribution in [0.1, 0.15) is 66.4 Å². The molecule has 3 heterocycles. The van der Waals surface area contributed by atoms with Gasteiger partial charge in [-0.25, -0.2) is 4.68 Å². The van der Waals surface area contributed by atoms with Crippen LogP contribution in [0, 0.1) is 11.8 Å². The van der Waals surface area contributed by atoms with Crippen LogP contribution in [0.2, 0.25) is 0 Å². The van der Waals surface area contributed by atoms with Crippen molar-refractivity contribution in [3.05, 3.63) is 71.8 Å². The molecular weight excluding hydrogens is 442 g/mol. The Morgan fingerprint density at radius 3 is 2.77 bits per heavy atom. The predicted octanol–water partition coefficient (Wildman–Crippen LogP) is 2.48. The lowest BCUT2D eigenvalue weighted by Crippen LogP contribution is -2.35. The van der Waals surface area contributed by atoms with Crippen LogP contribution in [0.5, 0.6) is 0 Å². The first-order valence-electron chi connectivity index (χ1n) is 12.6. The Bertz CT molecular complexity index is 1090. The van der Waals surface area contributed by atoms with E-state index in [2.05, 4.69) is 38.1 Å². The molecule has 9 heteroatoms. The zero-order valence-corrected chi connectivity index (χ0v) is 20.0. The Morgan fingerprint density at radius 1 is 1.20 bits per heavy atom. The number of aliphatic hydroxyl groups is 1. The standard InChI is InChI=1S/C26H33N7O2/c1-2-6-20-21(24(20)33-16-29-31-32-33)15-28-26(35)23-11-9-17(14-27-23)13-19-10-12-22(30-19)25(34)18-7-4-3-5-8-18/h3-5,7-9,11,14,16,19-22,24-25,30,34H,2,6,10,12-13,15H2,1H3,(H,28,35). The fraction of sp³-hybridized carbons (Fsp3) is 0.500. The summed E-state index contributed by atoms with van der Waals surface area (Å²) in [6.07, 6.45) is 7.88. The second kappa shape index (κ2) is 10.6. The maximum atomic E-state index is 12.7.